The number of halogens is 3. The maximum atomic E-state index is 11.6. The van der Waals surface area contributed by atoms with E-state index in [2.05, 4.69) is 0 Å². The third-order valence-electron chi connectivity index (χ3n) is 2.61. The molecule has 11 heteroatoms. The number of alkyl halides is 3. The summed E-state index contributed by atoms with van der Waals surface area (Å²) >= 11 is 16.2. The van der Waals surface area contributed by atoms with Gasteiger partial charge in [0.15, 0.2) is 0 Å². The summed E-state index contributed by atoms with van der Waals surface area (Å²) in [6.45, 7) is 0.330. The van der Waals surface area contributed by atoms with E-state index in [0.717, 1.165) is 0 Å². The third kappa shape index (κ3) is 4.94. The highest BCUT2D eigenvalue weighted by Crippen LogP contribution is 2.37. The van der Waals surface area contributed by atoms with E-state index in [-0.39, 0.29) is 11.7 Å². The van der Waals surface area contributed by atoms with Crippen molar-refractivity contribution in [3.8, 4) is 0 Å². The number of nitro groups is 1. The highest BCUT2D eigenvalue weighted by atomic mass is 35.6. The van der Waals surface area contributed by atoms with Crippen molar-refractivity contribution in [1.82, 2.24) is 5.06 Å². The molecule has 0 spiro atoms. The van der Waals surface area contributed by atoms with E-state index in [0.29, 0.717) is 12.1 Å². The van der Waals surface area contributed by atoms with Gasteiger partial charge in [0.25, 0.3) is 15.8 Å². The third-order valence-corrected chi connectivity index (χ3v) is 4.69. The molecule has 1 heterocycles. The SMILES string of the molecule is O=[N+]([O-])c1ccc(C2CN2OS(=O)(=O)CC(Cl)(Cl)Cl)cc1. The molecule has 0 N–H and O–H groups in total. The second kappa shape index (κ2) is 5.86. The molecular formula is C10H9Cl3N2O5S. The van der Waals surface area contributed by atoms with Crippen LogP contribution in [-0.4, -0.2) is 34.5 Å². The average molecular weight is 376 g/mol. The smallest absolute Gasteiger partial charge is 0.258 e. The fourth-order valence-corrected chi connectivity index (χ4v) is 3.78. The van der Waals surface area contributed by atoms with E-state index >= 15 is 0 Å². The van der Waals surface area contributed by atoms with Crippen LogP contribution in [0.4, 0.5) is 5.69 Å². The van der Waals surface area contributed by atoms with Crippen molar-refractivity contribution in [2.24, 2.45) is 0 Å². The molecular weight excluding hydrogens is 367 g/mol. The summed E-state index contributed by atoms with van der Waals surface area (Å²) in [7, 11) is -4.02. The fourth-order valence-electron chi connectivity index (χ4n) is 1.67. The van der Waals surface area contributed by atoms with Crippen LogP contribution in [-0.2, 0) is 14.4 Å². The number of nitro benzene ring substituents is 1. The van der Waals surface area contributed by atoms with Gasteiger partial charge in [-0.05, 0) is 5.56 Å². The van der Waals surface area contributed by atoms with Crippen LogP contribution in [0.25, 0.3) is 0 Å². The maximum Gasteiger partial charge on any atom is 0.287 e. The lowest BCUT2D eigenvalue weighted by Gasteiger charge is -2.11. The molecule has 116 valence electrons. The molecule has 0 aromatic heterocycles. The van der Waals surface area contributed by atoms with Gasteiger partial charge in [0.2, 0.25) is 3.79 Å². The Labute approximate surface area is 135 Å². The standard InChI is InChI=1S/C10H9Cl3N2O5S/c11-10(12,13)6-21(18,19)20-14-5-9(14)7-1-3-8(4-2-7)15(16)17/h1-4,9H,5-6H2. The van der Waals surface area contributed by atoms with Crippen LogP contribution in [0.15, 0.2) is 24.3 Å². The van der Waals surface area contributed by atoms with Crippen molar-refractivity contribution in [3.63, 3.8) is 0 Å². The van der Waals surface area contributed by atoms with Gasteiger partial charge in [0.1, 0.15) is 5.75 Å². The Morgan fingerprint density at radius 1 is 1.33 bits per heavy atom. The summed E-state index contributed by atoms with van der Waals surface area (Å²) in [6, 6.07) is 5.45. The number of hydroxylamine groups is 2. The number of benzene rings is 1. The number of hydrogen-bond acceptors (Lipinski definition) is 6. The molecule has 0 bridgehead atoms. The molecule has 7 nitrogen and oxygen atoms in total. The number of hydrogen-bond donors (Lipinski definition) is 0. The summed E-state index contributed by atoms with van der Waals surface area (Å²) in [4.78, 5) is 10.0. The Kier molecular flexibility index (Phi) is 4.67. The Hall–Kier alpha value is -0.640. The lowest BCUT2D eigenvalue weighted by atomic mass is 10.1. The van der Waals surface area contributed by atoms with Gasteiger partial charge < -0.3 is 0 Å². The first-order chi connectivity index (χ1) is 9.57. The summed E-state index contributed by atoms with van der Waals surface area (Å²) in [6.07, 6.45) is 0. The molecule has 2 unspecified atom stereocenters. The quantitative estimate of drug-likeness (QED) is 0.340. The van der Waals surface area contributed by atoms with E-state index in [1.54, 1.807) is 0 Å². The van der Waals surface area contributed by atoms with Crippen LogP contribution in [0.5, 0.6) is 0 Å². The van der Waals surface area contributed by atoms with Crippen molar-refractivity contribution >= 4 is 50.6 Å². The molecule has 2 atom stereocenters. The number of non-ortho nitro benzene ring substituents is 1. The molecule has 1 aliphatic heterocycles. The first-order valence-corrected chi connectivity index (χ1v) is 8.28. The van der Waals surface area contributed by atoms with E-state index in [1.165, 1.54) is 29.3 Å². The monoisotopic (exact) mass is 374 g/mol. The zero-order chi connectivity index (χ0) is 15.8. The molecule has 1 aromatic rings. The van der Waals surface area contributed by atoms with Crippen molar-refractivity contribution in [1.29, 1.82) is 0 Å². The highest BCUT2D eigenvalue weighted by Gasteiger charge is 2.42. The summed E-state index contributed by atoms with van der Waals surface area (Å²) in [5.74, 6) is -0.770. The first-order valence-electron chi connectivity index (χ1n) is 5.57. The zero-order valence-electron chi connectivity index (χ0n) is 10.3. The van der Waals surface area contributed by atoms with Crippen molar-refractivity contribution in [3.05, 3.63) is 39.9 Å². The lowest BCUT2D eigenvalue weighted by Crippen LogP contribution is -2.23. The molecule has 1 fully saturated rings. The van der Waals surface area contributed by atoms with E-state index < -0.39 is 24.6 Å². The van der Waals surface area contributed by atoms with E-state index in [1.807, 2.05) is 0 Å². The molecule has 1 aliphatic rings. The molecule has 2 rings (SSSR count). The summed E-state index contributed by atoms with van der Waals surface area (Å²) in [5, 5.41) is 11.7. The van der Waals surface area contributed by atoms with Gasteiger partial charge in [-0.1, -0.05) is 46.9 Å². The van der Waals surface area contributed by atoms with E-state index in [9.17, 15) is 18.5 Å². The molecule has 0 amide bonds. The summed E-state index contributed by atoms with van der Waals surface area (Å²) in [5.41, 5.74) is 0.653. The van der Waals surface area contributed by atoms with Crippen LogP contribution >= 0.6 is 34.8 Å². The average Bonchev–Trinajstić information content (AvgIpc) is 3.04. The van der Waals surface area contributed by atoms with Crippen LogP contribution < -0.4 is 0 Å². The van der Waals surface area contributed by atoms with Crippen molar-refractivity contribution < 1.29 is 17.6 Å². The largest absolute Gasteiger partial charge is 0.287 e. The van der Waals surface area contributed by atoms with Crippen LogP contribution in [0.3, 0.4) is 0 Å². The minimum Gasteiger partial charge on any atom is -0.258 e. The second-order valence-corrected chi connectivity index (χ2v) is 8.42. The Balaban J connectivity index is 1.97. The van der Waals surface area contributed by atoms with Gasteiger partial charge in [-0.3, -0.25) is 10.1 Å². The Bertz CT molecular complexity index is 644. The van der Waals surface area contributed by atoms with Crippen molar-refractivity contribution in [2.45, 2.75) is 9.83 Å². The van der Waals surface area contributed by atoms with Crippen LogP contribution in [0.1, 0.15) is 11.6 Å². The topological polar surface area (TPSA) is 89.5 Å². The fraction of sp³-hybridized carbons (Fsp3) is 0.400. The molecule has 0 saturated carbocycles. The van der Waals surface area contributed by atoms with E-state index in [4.69, 9.17) is 39.1 Å². The normalized spacial score (nSPS) is 22.0. The van der Waals surface area contributed by atoms with Crippen molar-refractivity contribution in [2.75, 3.05) is 12.3 Å². The minimum atomic E-state index is -4.02. The predicted octanol–water partition coefficient (Wildman–Crippen LogP) is 2.58. The molecule has 1 aromatic carbocycles. The predicted molar refractivity (Wildman–Crippen MR) is 77.7 cm³/mol. The number of nitrogens with zero attached hydrogens (tertiary/aromatic N) is 2. The minimum absolute atomic E-state index is 0.0457. The zero-order valence-corrected chi connectivity index (χ0v) is 13.4. The van der Waals surface area contributed by atoms with Gasteiger partial charge in [-0.2, -0.15) is 17.8 Å². The molecule has 0 radical (unpaired) electrons. The molecule has 0 aliphatic carbocycles. The van der Waals surface area contributed by atoms with Gasteiger partial charge >= 0.3 is 0 Å². The Morgan fingerprint density at radius 2 is 1.90 bits per heavy atom. The maximum absolute atomic E-state index is 11.6. The van der Waals surface area contributed by atoms with Crippen LogP contribution in [0, 0.1) is 10.1 Å². The highest BCUT2D eigenvalue weighted by molar-refractivity contribution is 7.87. The van der Waals surface area contributed by atoms with Gasteiger partial charge in [0.05, 0.1) is 11.0 Å². The molecule has 1 saturated heterocycles. The number of rotatable bonds is 5. The van der Waals surface area contributed by atoms with Gasteiger partial charge in [0, 0.05) is 18.7 Å². The first kappa shape index (κ1) is 16.7. The summed E-state index contributed by atoms with van der Waals surface area (Å²) < 4.78 is 26.0. The van der Waals surface area contributed by atoms with Gasteiger partial charge in [-0.25, -0.2) is 0 Å². The lowest BCUT2D eigenvalue weighted by molar-refractivity contribution is -0.384. The van der Waals surface area contributed by atoms with Gasteiger partial charge in [-0.15, -0.1) is 0 Å². The molecule has 21 heavy (non-hydrogen) atoms. The second-order valence-electron chi connectivity index (χ2n) is 4.36. The Morgan fingerprint density at radius 3 is 2.38 bits per heavy atom. The van der Waals surface area contributed by atoms with Crippen LogP contribution in [0.2, 0.25) is 0 Å².